The van der Waals surface area contributed by atoms with Gasteiger partial charge in [0.05, 0.1) is 23.8 Å². The monoisotopic (exact) mass is 307 g/mol. The summed E-state index contributed by atoms with van der Waals surface area (Å²) in [4.78, 5) is 24.5. The van der Waals surface area contributed by atoms with Crippen LogP contribution >= 0.6 is 0 Å². The molecule has 0 bridgehead atoms. The van der Waals surface area contributed by atoms with Crippen molar-refractivity contribution in [1.82, 2.24) is 4.90 Å². The Hall–Kier alpha value is -2.19. The standard InChI is InChI=1S/C14H17N3O5/c18-14-13(3-4-16-5-7-21-8-6-16)22-12-2-1-10(17(19)20)9-11(12)15-14/h1-2,9,13H,3-8H2,(H,15,18)/t13-/m1/s1. The molecule has 3 rings (SSSR count). The first-order valence-electron chi connectivity index (χ1n) is 7.19. The molecule has 118 valence electrons. The number of rotatable bonds is 4. The van der Waals surface area contributed by atoms with Gasteiger partial charge in [0.1, 0.15) is 5.75 Å². The molecule has 1 aromatic carbocycles. The van der Waals surface area contributed by atoms with E-state index in [-0.39, 0.29) is 11.6 Å². The number of nitrogens with one attached hydrogen (secondary N) is 1. The smallest absolute Gasteiger partial charge is 0.271 e. The molecule has 1 atom stereocenters. The van der Waals surface area contributed by atoms with Gasteiger partial charge in [-0.1, -0.05) is 0 Å². The van der Waals surface area contributed by atoms with E-state index in [0.29, 0.717) is 31.1 Å². The molecule has 8 nitrogen and oxygen atoms in total. The number of hydrogen-bond donors (Lipinski definition) is 1. The summed E-state index contributed by atoms with van der Waals surface area (Å²) in [5.74, 6) is 0.207. The highest BCUT2D eigenvalue weighted by atomic mass is 16.6. The second-order valence-electron chi connectivity index (χ2n) is 5.28. The number of nitro groups is 1. The van der Waals surface area contributed by atoms with Gasteiger partial charge in [0, 0.05) is 38.2 Å². The van der Waals surface area contributed by atoms with Gasteiger partial charge in [-0.3, -0.25) is 19.8 Å². The molecule has 0 radical (unpaired) electrons. The number of ether oxygens (including phenoxy) is 2. The molecule has 0 aromatic heterocycles. The van der Waals surface area contributed by atoms with E-state index in [9.17, 15) is 14.9 Å². The predicted molar refractivity (Wildman–Crippen MR) is 78.0 cm³/mol. The zero-order valence-electron chi connectivity index (χ0n) is 12.0. The van der Waals surface area contributed by atoms with Crippen molar-refractivity contribution in [2.24, 2.45) is 0 Å². The lowest BCUT2D eigenvalue weighted by molar-refractivity contribution is -0.384. The maximum Gasteiger partial charge on any atom is 0.271 e. The topological polar surface area (TPSA) is 93.9 Å². The first-order valence-corrected chi connectivity index (χ1v) is 7.19. The van der Waals surface area contributed by atoms with Crippen molar-refractivity contribution in [3.8, 4) is 5.75 Å². The number of morpholine rings is 1. The third kappa shape index (κ3) is 3.18. The number of nitro benzene ring substituents is 1. The average molecular weight is 307 g/mol. The Balaban J connectivity index is 1.63. The number of fused-ring (bicyclic) bond motifs is 1. The van der Waals surface area contributed by atoms with E-state index >= 15 is 0 Å². The van der Waals surface area contributed by atoms with E-state index in [0.717, 1.165) is 19.6 Å². The third-order valence-corrected chi connectivity index (χ3v) is 3.80. The number of carbonyl (C=O) groups excluding carboxylic acids is 1. The van der Waals surface area contributed by atoms with E-state index in [1.54, 1.807) is 0 Å². The van der Waals surface area contributed by atoms with Crippen LogP contribution < -0.4 is 10.1 Å². The molecule has 0 aliphatic carbocycles. The highest BCUT2D eigenvalue weighted by Crippen LogP contribution is 2.33. The van der Waals surface area contributed by atoms with Gasteiger partial charge in [0.25, 0.3) is 11.6 Å². The Labute approximate surface area is 127 Å². The van der Waals surface area contributed by atoms with Gasteiger partial charge in [-0.05, 0) is 6.07 Å². The van der Waals surface area contributed by atoms with Crippen molar-refractivity contribution < 1.29 is 19.2 Å². The molecule has 1 aromatic rings. The van der Waals surface area contributed by atoms with E-state index in [1.165, 1.54) is 18.2 Å². The molecule has 1 N–H and O–H groups in total. The van der Waals surface area contributed by atoms with Gasteiger partial charge in [-0.2, -0.15) is 0 Å². The highest BCUT2D eigenvalue weighted by molar-refractivity contribution is 5.98. The van der Waals surface area contributed by atoms with Crippen LogP contribution in [0.3, 0.4) is 0 Å². The number of amides is 1. The minimum Gasteiger partial charge on any atom is -0.478 e. The number of benzene rings is 1. The fraction of sp³-hybridized carbons (Fsp3) is 0.500. The number of hydrogen-bond acceptors (Lipinski definition) is 6. The number of carbonyl (C=O) groups is 1. The van der Waals surface area contributed by atoms with Crippen molar-refractivity contribution in [2.75, 3.05) is 38.2 Å². The lowest BCUT2D eigenvalue weighted by Crippen LogP contribution is -2.42. The minimum atomic E-state index is -0.572. The molecular weight excluding hydrogens is 290 g/mol. The summed E-state index contributed by atoms with van der Waals surface area (Å²) in [6, 6.07) is 4.20. The zero-order chi connectivity index (χ0) is 15.5. The fourth-order valence-corrected chi connectivity index (χ4v) is 2.57. The molecule has 8 heteroatoms. The Morgan fingerprint density at radius 2 is 2.14 bits per heavy atom. The normalized spacial score (nSPS) is 21.6. The quantitative estimate of drug-likeness (QED) is 0.659. The lowest BCUT2D eigenvalue weighted by atomic mass is 10.1. The summed E-state index contributed by atoms with van der Waals surface area (Å²) in [5, 5.41) is 13.4. The maximum absolute atomic E-state index is 12.1. The van der Waals surface area contributed by atoms with Crippen LogP contribution in [-0.2, 0) is 9.53 Å². The highest BCUT2D eigenvalue weighted by Gasteiger charge is 2.29. The van der Waals surface area contributed by atoms with E-state index < -0.39 is 11.0 Å². The molecule has 0 unspecified atom stereocenters. The molecular formula is C14H17N3O5. The van der Waals surface area contributed by atoms with Crippen molar-refractivity contribution in [2.45, 2.75) is 12.5 Å². The fourth-order valence-electron chi connectivity index (χ4n) is 2.57. The molecule has 22 heavy (non-hydrogen) atoms. The summed E-state index contributed by atoms with van der Waals surface area (Å²) >= 11 is 0. The van der Waals surface area contributed by atoms with Crippen LogP contribution in [0.4, 0.5) is 11.4 Å². The van der Waals surface area contributed by atoms with E-state index in [1.807, 2.05) is 0 Å². The van der Waals surface area contributed by atoms with Crippen LogP contribution in [0, 0.1) is 10.1 Å². The molecule has 1 saturated heterocycles. The van der Waals surface area contributed by atoms with Crippen molar-refractivity contribution in [3.63, 3.8) is 0 Å². The first-order chi connectivity index (χ1) is 10.6. The summed E-state index contributed by atoms with van der Waals surface area (Å²) < 4.78 is 11.0. The molecule has 1 fully saturated rings. The van der Waals surface area contributed by atoms with Gasteiger partial charge >= 0.3 is 0 Å². The summed E-state index contributed by atoms with van der Waals surface area (Å²) in [6.07, 6.45) is -0.000719. The Bertz CT molecular complexity index is 586. The summed E-state index contributed by atoms with van der Waals surface area (Å²) in [6.45, 7) is 3.90. The van der Waals surface area contributed by atoms with Crippen LogP contribution in [0.1, 0.15) is 6.42 Å². The predicted octanol–water partition coefficient (Wildman–Crippen LogP) is 1.02. The van der Waals surface area contributed by atoms with Crippen molar-refractivity contribution in [1.29, 1.82) is 0 Å². The maximum atomic E-state index is 12.1. The minimum absolute atomic E-state index is 0.0746. The zero-order valence-corrected chi connectivity index (χ0v) is 12.0. The van der Waals surface area contributed by atoms with Crippen LogP contribution in [0.25, 0.3) is 0 Å². The molecule has 2 aliphatic heterocycles. The van der Waals surface area contributed by atoms with Crippen LogP contribution in [0.5, 0.6) is 5.75 Å². The Kier molecular flexibility index (Phi) is 4.21. The van der Waals surface area contributed by atoms with Crippen molar-refractivity contribution >= 4 is 17.3 Å². The van der Waals surface area contributed by atoms with Crippen LogP contribution in [0.2, 0.25) is 0 Å². The Morgan fingerprint density at radius 3 is 2.86 bits per heavy atom. The van der Waals surface area contributed by atoms with Gasteiger partial charge < -0.3 is 14.8 Å². The molecule has 0 spiro atoms. The molecule has 0 saturated carbocycles. The van der Waals surface area contributed by atoms with Gasteiger partial charge in [-0.25, -0.2) is 0 Å². The summed E-state index contributed by atoms with van der Waals surface area (Å²) in [7, 11) is 0. The second-order valence-corrected chi connectivity index (χ2v) is 5.28. The van der Waals surface area contributed by atoms with Gasteiger partial charge in [0.2, 0.25) is 0 Å². The molecule has 2 aliphatic rings. The summed E-state index contributed by atoms with van der Waals surface area (Å²) in [5.41, 5.74) is 0.274. The number of nitrogens with zero attached hydrogens (tertiary/aromatic N) is 2. The largest absolute Gasteiger partial charge is 0.478 e. The van der Waals surface area contributed by atoms with Gasteiger partial charge in [0.15, 0.2) is 6.10 Å². The van der Waals surface area contributed by atoms with Crippen molar-refractivity contribution in [3.05, 3.63) is 28.3 Å². The SMILES string of the molecule is O=C1Nc2cc([N+](=O)[O-])ccc2O[C@@H]1CCN1CCOCC1. The third-order valence-electron chi connectivity index (χ3n) is 3.80. The van der Waals surface area contributed by atoms with E-state index in [2.05, 4.69) is 10.2 Å². The number of anilines is 1. The van der Waals surface area contributed by atoms with Crippen LogP contribution in [0.15, 0.2) is 18.2 Å². The lowest BCUT2D eigenvalue weighted by Gasteiger charge is -2.30. The van der Waals surface area contributed by atoms with Gasteiger partial charge in [-0.15, -0.1) is 0 Å². The molecule has 1 amide bonds. The average Bonchev–Trinajstić information content (AvgIpc) is 2.53. The van der Waals surface area contributed by atoms with E-state index in [4.69, 9.17) is 9.47 Å². The first kappa shape index (κ1) is 14.7. The Morgan fingerprint density at radius 1 is 1.36 bits per heavy atom. The van der Waals surface area contributed by atoms with Crippen LogP contribution in [-0.4, -0.2) is 54.7 Å². The second kappa shape index (κ2) is 6.29. The molecule has 2 heterocycles. The number of non-ortho nitro benzene ring substituents is 1.